The highest BCUT2D eigenvalue weighted by Crippen LogP contribution is 2.19. The molecule has 0 unspecified atom stereocenters. The van der Waals surface area contributed by atoms with Gasteiger partial charge in [0.15, 0.2) is 5.96 Å². The van der Waals surface area contributed by atoms with Crippen LogP contribution in [0.5, 0.6) is 5.88 Å². The zero-order chi connectivity index (χ0) is 18.6. The lowest BCUT2D eigenvalue weighted by molar-refractivity contribution is 0.0468. The molecule has 2 rings (SSSR count). The van der Waals surface area contributed by atoms with Gasteiger partial charge >= 0.3 is 0 Å². The Balaban J connectivity index is 0.00000364. The molecule has 1 aromatic heterocycles. The summed E-state index contributed by atoms with van der Waals surface area (Å²) in [6.07, 6.45) is 10.1. The minimum atomic E-state index is 0. The molecule has 154 valence electrons. The fourth-order valence-electron chi connectivity index (χ4n) is 3.04. The highest BCUT2D eigenvalue weighted by atomic mass is 127. The van der Waals surface area contributed by atoms with E-state index in [4.69, 9.17) is 9.47 Å². The number of aliphatic imine (C=N–C) groups is 1. The quantitative estimate of drug-likeness (QED) is 0.190. The minimum absolute atomic E-state index is 0. The van der Waals surface area contributed by atoms with Gasteiger partial charge in [-0.15, -0.1) is 24.0 Å². The molecule has 27 heavy (non-hydrogen) atoms. The molecule has 0 bridgehead atoms. The molecule has 0 aliphatic heterocycles. The number of aromatic nitrogens is 1. The van der Waals surface area contributed by atoms with Crippen LogP contribution in [0.1, 0.15) is 57.9 Å². The zero-order valence-corrected chi connectivity index (χ0v) is 19.2. The fourth-order valence-corrected chi connectivity index (χ4v) is 3.04. The predicted octanol–water partition coefficient (Wildman–Crippen LogP) is 3.89. The number of nitrogens with zero attached hydrogens (tertiary/aromatic N) is 2. The van der Waals surface area contributed by atoms with Crippen LogP contribution in [0.2, 0.25) is 0 Å². The smallest absolute Gasteiger partial charge is 0.213 e. The second-order valence-electron chi connectivity index (χ2n) is 7.01. The summed E-state index contributed by atoms with van der Waals surface area (Å²) in [5, 5.41) is 6.60. The van der Waals surface area contributed by atoms with Crippen LogP contribution in [0.25, 0.3) is 0 Å². The maximum Gasteiger partial charge on any atom is 0.213 e. The second-order valence-corrected chi connectivity index (χ2v) is 7.01. The van der Waals surface area contributed by atoms with E-state index in [0.29, 0.717) is 25.1 Å². The van der Waals surface area contributed by atoms with Crippen LogP contribution in [-0.4, -0.2) is 43.4 Å². The van der Waals surface area contributed by atoms with Crippen molar-refractivity contribution in [3.63, 3.8) is 0 Å². The Morgan fingerprint density at radius 1 is 1.19 bits per heavy atom. The summed E-state index contributed by atoms with van der Waals surface area (Å²) in [5.74, 6) is 1.43. The van der Waals surface area contributed by atoms with Crippen molar-refractivity contribution in [1.29, 1.82) is 0 Å². The van der Waals surface area contributed by atoms with Crippen LogP contribution < -0.4 is 15.4 Å². The van der Waals surface area contributed by atoms with Gasteiger partial charge in [0.2, 0.25) is 5.88 Å². The van der Waals surface area contributed by atoms with Gasteiger partial charge in [0, 0.05) is 32.4 Å². The Morgan fingerprint density at radius 2 is 1.93 bits per heavy atom. The molecule has 1 aliphatic carbocycles. The Kier molecular flexibility index (Phi) is 12.4. The first-order valence-corrected chi connectivity index (χ1v) is 9.85. The summed E-state index contributed by atoms with van der Waals surface area (Å²) >= 11 is 0. The van der Waals surface area contributed by atoms with E-state index in [-0.39, 0.29) is 30.1 Å². The third-order valence-electron chi connectivity index (χ3n) is 4.39. The molecular formula is C20H35IN4O2. The number of hydrogen-bond donors (Lipinski definition) is 2. The van der Waals surface area contributed by atoms with Crippen molar-refractivity contribution < 1.29 is 9.47 Å². The molecule has 7 heteroatoms. The molecule has 6 nitrogen and oxygen atoms in total. The van der Waals surface area contributed by atoms with Crippen LogP contribution >= 0.6 is 24.0 Å². The van der Waals surface area contributed by atoms with Crippen molar-refractivity contribution in [1.82, 2.24) is 15.6 Å². The van der Waals surface area contributed by atoms with Crippen LogP contribution in [0.15, 0.2) is 23.3 Å². The first kappa shape index (κ1) is 23.9. The lowest BCUT2D eigenvalue weighted by atomic mass is 10.1. The summed E-state index contributed by atoms with van der Waals surface area (Å²) in [4.78, 5) is 8.57. The average molecular weight is 490 g/mol. The molecule has 1 heterocycles. The summed E-state index contributed by atoms with van der Waals surface area (Å²) in [7, 11) is 1.78. The highest BCUT2D eigenvalue weighted by Gasteiger charge is 2.12. The molecule has 0 saturated heterocycles. The number of rotatable bonds is 8. The van der Waals surface area contributed by atoms with Crippen LogP contribution in [-0.2, 0) is 11.3 Å². The summed E-state index contributed by atoms with van der Waals surface area (Å²) in [6, 6.07) is 3.91. The number of pyridine rings is 1. The minimum Gasteiger partial charge on any atom is -0.475 e. The Hall–Kier alpha value is -1.09. The third-order valence-corrected chi connectivity index (χ3v) is 4.39. The highest BCUT2D eigenvalue weighted by molar-refractivity contribution is 14.0. The van der Waals surface area contributed by atoms with Gasteiger partial charge in [0.25, 0.3) is 0 Å². The van der Waals surface area contributed by atoms with Gasteiger partial charge in [-0.25, -0.2) is 4.98 Å². The van der Waals surface area contributed by atoms with E-state index in [9.17, 15) is 0 Å². The van der Waals surface area contributed by atoms with E-state index < -0.39 is 0 Å². The largest absolute Gasteiger partial charge is 0.475 e. The maximum absolute atomic E-state index is 6.00. The Labute approximate surface area is 180 Å². The summed E-state index contributed by atoms with van der Waals surface area (Å²) in [6.45, 7) is 6.13. The summed E-state index contributed by atoms with van der Waals surface area (Å²) in [5.41, 5.74) is 1.08. The Bertz CT molecular complexity index is 529. The number of guanidine groups is 1. The standard InChI is InChI=1S/C20H34N4O2.HI/c1-16(2)26-19-11-10-17(14-23-19)15-24-20(21-3)22-12-13-25-18-8-6-4-5-7-9-18;/h10-11,14,16,18H,4-9,12-13,15H2,1-3H3,(H2,21,22,24);1H. The predicted molar refractivity (Wildman–Crippen MR) is 121 cm³/mol. The molecule has 1 saturated carbocycles. The van der Waals surface area contributed by atoms with Gasteiger partial charge in [0.1, 0.15) is 0 Å². The van der Waals surface area contributed by atoms with Crippen molar-refractivity contribution in [2.75, 3.05) is 20.2 Å². The summed E-state index contributed by atoms with van der Waals surface area (Å²) < 4.78 is 11.6. The van der Waals surface area contributed by atoms with Gasteiger partial charge in [-0.1, -0.05) is 31.7 Å². The van der Waals surface area contributed by atoms with E-state index in [1.165, 1.54) is 38.5 Å². The van der Waals surface area contributed by atoms with E-state index in [2.05, 4.69) is 20.6 Å². The van der Waals surface area contributed by atoms with Crippen LogP contribution in [0, 0.1) is 0 Å². The van der Waals surface area contributed by atoms with E-state index in [1.54, 1.807) is 7.05 Å². The Morgan fingerprint density at radius 3 is 2.52 bits per heavy atom. The molecule has 0 amide bonds. The molecule has 2 N–H and O–H groups in total. The molecule has 1 aliphatic rings. The second kappa shape index (κ2) is 14.0. The average Bonchev–Trinajstić information content (AvgIpc) is 2.91. The van der Waals surface area contributed by atoms with Gasteiger partial charge in [-0.2, -0.15) is 0 Å². The van der Waals surface area contributed by atoms with Crippen molar-refractivity contribution in [3.8, 4) is 5.88 Å². The first-order valence-electron chi connectivity index (χ1n) is 9.85. The number of ether oxygens (including phenoxy) is 2. The van der Waals surface area contributed by atoms with Crippen molar-refractivity contribution in [2.45, 2.75) is 71.1 Å². The van der Waals surface area contributed by atoms with Crippen molar-refractivity contribution in [2.24, 2.45) is 4.99 Å². The molecular weight excluding hydrogens is 455 g/mol. The van der Waals surface area contributed by atoms with Gasteiger partial charge in [-0.05, 0) is 32.3 Å². The monoisotopic (exact) mass is 490 g/mol. The van der Waals surface area contributed by atoms with E-state index in [1.807, 2.05) is 32.2 Å². The lowest BCUT2D eigenvalue weighted by Crippen LogP contribution is -2.38. The van der Waals surface area contributed by atoms with E-state index >= 15 is 0 Å². The maximum atomic E-state index is 6.00. The zero-order valence-electron chi connectivity index (χ0n) is 16.9. The normalized spacial score (nSPS) is 15.8. The molecule has 0 aromatic carbocycles. The van der Waals surface area contributed by atoms with Crippen molar-refractivity contribution in [3.05, 3.63) is 23.9 Å². The first-order chi connectivity index (χ1) is 12.7. The molecule has 1 aromatic rings. The van der Waals surface area contributed by atoms with Crippen molar-refractivity contribution >= 4 is 29.9 Å². The number of hydrogen-bond acceptors (Lipinski definition) is 4. The van der Waals surface area contributed by atoms with Gasteiger partial charge in [-0.3, -0.25) is 4.99 Å². The number of halogens is 1. The molecule has 0 atom stereocenters. The SMILES string of the molecule is CN=C(NCCOC1CCCCCC1)NCc1ccc(OC(C)C)nc1.I. The molecule has 1 fully saturated rings. The van der Waals surface area contributed by atoms with E-state index in [0.717, 1.165) is 18.1 Å². The third kappa shape index (κ3) is 10.1. The molecule has 0 radical (unpaired) electrons. The topological polar surface area (TPSA) is 67.8 Å². The van der Waals surface area contributed by atoms with Crippen LogP contribution in [0.3, 0.4) is 0 Å². The van der Waals surface area contributed by atoms with Gasteiger partial charge < -0.3 is 20.1 Å². The van der Waals surface area contributed by atoms with Crippen LogP contribution in [0.4, 0.5) is 0 Å². The fraction of sp³-hybridized carbons (Fsp3) is 0.700. The van der Waals surface area contributed by atoms with Gasteiger partial charge in [0.05, 0.1) is 18.8 Å². The molecule has 0 spiro atoms. The number of nitrogens with one attached hydrogen (secondary N) is 2. The lowest BCUT2D eigenvalue weighted by Gasteiger charge is -2.17.